The van der Waals surface area contributed by atoms with Crippen molar-refractivity contribution >= 4 is 11.8 Å². The average Bonchev–Trinajstić information content (AvgIpc) is 2.52. The molecule has 0 saturated carbocycles. The lowest BCUT2D eigenvalue weighted by Gasteiger charge is -2.01. The van der Waals surface area contributed by atoms with Crippen LogP contribution in [0.4, 0.5) is 0 Å². The molecule has 0 spiro atoms. The Morgan fingerprint density at radius 3 is 3.00 bits per heavy atom. The maximum atomic E-state index is 5.28. The maximum Gasteiger partial charge on any atom is 0.114 e. The lowest BCUT2D eigenvalue weighted by molar-refractivity contribution is 0.158. The van der Waals surface area contributed by atoms with Crippen molar-refractivity contribution in [3.8, 4) is 0 Å². The molecule has 0 aliphatic carbocycles. The maximum absolute atomic E-state index is 5.28. The van der Waals surface area contributed by atoms with E-state index in [-0.39, 0.29) is 0 Å². The zero-order valence-electron chi connectivity index (χ0n) is 7.79. The Bertz CT molecular complexity index is 237. The van der Waals surface area contributed by atoms with Gasteiger partial charge in [-0.25, -0.2) is 0 Å². The zero-order valence-corrected chi connectivity index (χ0v) is 8.60. The highest BCUT2D eigenvalue weighted by molar-refractivity contribution is 7.99. The second-order valence-corrected chi connectivity index (χ2v) is 3.73. The molecular formula is C9H15NO2S. The predicted octanol–water partition coefficient (Wildman–Crippen LogP) is 1.66. The molecule has 4 heteroatoms. The Morgan fingerprint density at radius 2 is 2.38 bits per heavy atom. The average molecular weight is 201 g/mol. The van der Waals surface area contributed by atoms with Gasteiger partial charge >= 0.3 is 0 Å². The quantitative estimate of drug-likeness (QED) is 0.561. The third-order valence-electron chi connectivity index (χ3n) is 1.56. The summed E-state index contributed by atoms with van der Waals surface area (Å²) >= 11 is 1.74. The van der Waals surface area contributed by atoms with Gasteiger partial charge < -0.3 is 14.9 Å². The Morgan fingerprint density at radius 1 is 1.54 bits per heavy atom. The van der Waals surface area contributed by atoms with Crippen molar-refractivity contribution in [2.24, 2.45) is 5.73 Å². The van der Waals surface area contributed by atoms with Crippen molar-refractivity contribution in [3.05, 3.63) is 18.1 Å². The van der Waals surface area contributed by atoms with Gasteiger partial charge in [-0.3, -0.25) is 0 Å². The number of rotatable bonds is 6. The molecule has 0 aliphatic rings. The van der Waals surface area contributed by atoms with Crippen molar-refractivity contribution < 1.29 is 9.15 Å². The van der Waals surface area contributed by atoms with Gasteiger partial charge in [-0.2, -0.15) is 0 Å². The molecule has 0 unspecified atom stereocenters. The molecule has 1 heterocycles. The third kappa shape index (κ3) is 3.85. The number of thioether (sulfide) groups is 1. The van der Waals surface area contributed by atoms with Crippen LogP contribution in [0.2, 0.25) is 0 Å². The monoisotopic (exact) mass is 201 g/mol. The summed E-state index contributed by atoms with van der Waals surface area (Å²) in [5, 5.41) is 0. The number of furan rings is 1. The molecule has 0 bridgehead atoms. The molecule has 0 aliphatic heterocycles. The van der Waals surface area contributed by atoms with E-state index in [1.807, 2.05) is 13.0 Å². The van der Waals surface area contributed by atoms with Crippen LogP contribution in [0.25, 0.3) is 0 Å². The van der Waals surface area contributed by atoms with E-state index < -0.39 is 0 Å². The van der Waals surface area contributed by atoms with Gasteiger partial charge in [0.15, 0.2) is 0 Å². The van der Waals surface area contributed by atoms with E-state index in [2.05, 4.69) is 0 Å². The molecule has 2 N–H and O–H groups in total. The smallest absolute Gasteiger partial charge is 0.114 e. The van der Waals surface area contributed by atoms with Gasteiger partial charge in [-0.05, 0) is 13.0 Å². The summed E-state index contributed by atoms with van der Waals surface area (Å²) in [6.07, 6.45) is 1.71. The van der Waals surface area contributed by atoms with Gasteiger partial charge in [0, 0.05) is 17.2 Å². The van der Waals surface area contributed by atoms with Gasteiger partial charge in [-0.15, -0.1) is 11.8 Å². The molecule has 0 saturated heterocycles. The topological polar surface area (TPSA) is 48.4 Å². The lowest BCUT2D eigenvalue weighted by Crippen LogP contribution is -2.09. The first-order chi connectivity index (χ1) is 6.34. The van der Waals surface area contributed by atoms with Crippen LogP contribution in [0, 0.1) is 6.92 Å². The first-order valence-corrected chi connectivity index (χ1v) is 5.28. The van der Waals surface area contributed by atoms with E-state index >= 15 is 0 Å². The van der Waals surface area contributed by atoms with Crippen molar-refractivity contribution in [2.45, 2.75) is 11.8 Å². The molecule has 1 aromatic rings. The summed E-state index contributed by atoms with van der Waals surface area (Å²) in [7, 11) is 0. The van der Waals surface area contributed by atoms with Crippen molar-refractivity contribution in [2.75, 3.05) is 25.5 Å². The van der Waals surface area contributed by atoms with Gasteiger partial charge in [-0.1, -0.05) is 0 Å². The fraction of sp³-hybridized carbons (Fsp3) is 0.556. The normalized spacial score (nSPS) is 10.6. The summed E-state index contributed by atoms with van der Waals surface area (Å²) in [5.41, 5.74) is 5.28. The Kier molecular flexibility index (Phi) is 4.97. The van der Waals surface area contributed by atoms with E-state index in [0.717, 1.165) is 18.1 Å². The van der Waals surface area contributed by atoms with E-state index in [0.29, 0.717) is 13.2 Å². The Hall–Kier alpha value is -0.450. The second-order valence-electron chi connectivity index (χ2n) is 2.59. The summed E-state index contributed by atoms with van der Waals surface area (Å²) in [6.45, 7) is 3.94. The Balaban J connectivity index is 2.10. The molecule has 74 valence electrons. The molecule has 0 fully saturated rings. The van der Waals surface area contributed by atoms with Crippen molar-refractivity contribution in [1.29, 1.82) is 0 Å². The highest BCUT2D eigenvalue weighted by Gasteiger charge is 2.00. The highest BCUT2D eigenvalue weighted by Crippen LogP contribution is 2.22. The molecule has 3 nitrogen and oxygen atoms in total. The standard InChI is InChI=1S/C9H15NO2S/c1-8-9(2-4-12-8)13-7-6-11-5-3-10/h2,4H,3,5-7,10H2,1H3. The zero-order chi connectivity index (χ0) is 9.52. The predicted molar refractivity (Wildman–Crippen MR) is 54.0 cm³/mol. The minimum atomic E-state index is 0.593. The largest absolute Gasteiger partial charge is 0.468 e. The first-order valence-electron chi connectivity index (χ1n) is 4.29. The number of nitrogens with two attached hydrogens (primary N) is 1. The fourth-order valence-corrected chi connectivity index (χ4v) is 1.74. The van der Waals surface area contributed by atoms with Crippen LogP contribution in [0.15, 0.2) is 21.6 Å². The summed E-state index contributed by atoms with van der Waals surface area (Å²) in [6, 6.07) is 1.98. The van der Waals surface area contributed by atoms with Crippen LogP contribution in [-0.4, -0.2) is 25.5 Å². The summed E-state index contributed by atoms with van der Waals surface area (Å²) < 4.78 is 10.4. The third-order valence-corrected chi connectivity index (χ3v) is 2.66. The van der Waals surface area contributed by atoms with E-state index in [9.17, 15) is 0 Å². The number of hydrogen-bond acceptors (Lipinski definition) is 4. The van der Waals surface area contributed by atoms with Crippen LogP contribution in [0.5, 0.6) is 0 Å². The lowest BCUT2D eigenvalue weighted by atomic mass is 10.5. The minimum Gasteiger partial charge on any atom is -0.468 e. The SMILES string of the molecule is Cc1occc1SCCOCCN. The molecule has 0 atom stereocenters. The van der Waals surface area contributed by atoms with Crippen LogP contribution in [0.3, 0.4) is 0 Å². The van der Waals surface area contributed by atoms with Crippen LogP contribution in [-0.2, 0) is 4.74 Å². The van der Waals surface area contributed by atoms with Crippen LogP contribution >= 0.6 is 11.8 Å². The summed E-state index contributed by atoms with van der Waals surface area (Å²) in [5.74, 6) is 1.92. The molecule has 13 heavy (non-hydrogen) atoms. The first kappa shape index (κ1) is 10.6. The molecule has 0 radical (unpaired) electrons. The molecule has 1 aromatic heterocycles. The fourth-order valence-electron chi connectivity index (χ4n) is 0.919. The van der Waals surface area contributed by atoms with Crippen LogP contribution in [0.1, 0.15) is 5.76 Å². The molecule has 1 rings (SSSR count). The van der Waals surface area contributed by atoms with Gasteiger partial charge in [0.1, 0.15) is 5.76 Å². The second kappa shape index (κ2) is 6.07. The minimum absolute atomic E-state index is 0.593. The molecular weight excluding hydrogens is 186 g/mol. The Labute approximate surface area is 82.6 Å². The number of hydrogen-bond donors (Lipinski definition) is 1. The van der Waals surface area contributed by atoms with Gasteiger partial charge in [0.25, 0.3) is 0 Å². The van der Waals surface area contributed by atoms with Gasteiger partial charge in [0.05, 0.1) is 19.5 Å². The van der Waals surface area contributed by atoms with E-state index in [1.54, 1.807) is 18.0 Å². The van der Waals surface area contributed by atoms with Crippen LogP contribution < -0.4 is 5.73 Å². The molecule has 0 amide bonds. The summed E-state index contributed by atoms with van der Waals surface area (Å²) in [4.78, 5) is 1.19. The van der Waals surface area contributed by atoms with Crippen molar-refractivity contribution in [1.82, 2.24) is 0 Å². The number of ether oxygens (including phenoxy) is 1. The van der Waals surface area contributed by atoms with E-state index in [4.69, 9.17) is 14.9 Å². The van der Waals surface area contributed by atoms with Crippen molar-refractivity contribution in [3.63, 3.8) is 0 Å². The number of aryl methyl sites for hydroxylation is 1. The van der Waals surface area contributed by atoms with Gasteiger partial charge in [0.2, 0.25) is 0 Å². The highest BCUT2D eigenvalue weighted by atomic mass is 32.2. The van der Waals surface area contributed by atoms with E-state index in [1.165, 1.54) is 4.90 Å². The molecule has 0 aromatic carbocycles.